The summed E-state index contributed by atoms with van der Waals surface area (Å²) in [5, 5.41) is 4.04. The number of methoxy groups -OCH3 is 1. The highest BCUT2D eigenvalue weighted by Crippen LogP contribution is 2.40. The first kappa shape index (κ1) is 19.7. The Balaban J connectivity index is 1.43. The van der Waals surface area contributed by atoms with Gasteiger partial charge < -0.3 is 14.2 Å². The Kier molecular flexibility index (Phi) is 5.18. The van der Waals surface area contributed by atoms with Crippen molar-refractivity contribution in [2.75, 3.05) is 20.2 Å². The van der Waals surface area contributed by atoms with Gasteiger partial charge in [-0.2, -0.15) is 0 Å². The number of aryl methyl sites for hydroxylation is 1. The average molecular weight is 418 g/mol. The van der Waals surface area contributed by atoms with E-state index in [4.69, 9.17) is 14.2 Å². The summed E-state index contributed by atoms with van der Waals surface area (Å²) in [6.45, 7) is 3.28. The fourth-order valence-electron chi connectivity index (χ4n) is 4.24. The normalized spacial score (nSPS) is 18.8. The number of rotatable bonds is 5. The molecule has 160 valence electrons. The zero-order chi connectivity index (χ0) is 21.4. The van der Waals surface area contributed by atoms with E-state index in [-0.39, 0.29) is 11.8 Å². The Morgan fingerprint density at radius 2 is 1.97 bits per heavy atom. The van der Waals surface area contributed by atoms with E-state index in [1.165, 1.54) is 0 Å². The molecule has 1 atom stereocenters. The maximum atomic E-state index is 13.1. The number of hydrogen-bond acceptors (Lipinski definition) is 6. The lowest BCUT2D eigenvalue weighted by atomic mass is 9.90. The minimum Gasteiger partial charge on any atom is -0.497 e. The second kappa shape index (κ2) is 8.13. The molecule has 1 saturated carbocycles. The lowest BCUT2D eigenvalue weighted by molar-refractivity contribution is 0.0706. The van der Waals surface area contributed by atoms with Gasteiger partial charge in [-0.1, -0.05) is 5.16 Å². The van der Waals surface area contributed by atoms with Gasteiger partial charge in [0.25, 0.3) is 5.91 Å². The number of hydrogen-bond donors (Lipinski definition) is 0. The molecule has 0 spiro atoms. The zero-order valence-corrected chi connectivity index (χ0v) is 17.9. The molecule has 5 rings (SSSR count). The number of carbonyl (C=O) groups excluding carboxylic acids is 1. The Bertz CT molecular complexity index is 1090. The van der Waals surface area contributed by atoms with E-state index in [0.29, 0.717) is 23.8 Å². The molecule has 31 heavy (non-hydrogen) atoms. The highest BCUT2D eigenvalue weighted by molar-refractivity contribution is 5.94. The number of nitrogens with zero attached hydrogens (tertiary/aromatic N) is 4. The van der Waals surface area contributed by atoms with Crippen LogP contribution in [0.15, 0.2) is 41.1 Å². The first-order valence-corrected chi connectivity index (χ1v) is 10.9. The molecule has 0 N–H and O–H groups in total. The van der Waals surface area contributed by atoms with E-state index in [2.05, 4.69) is 10.1 Å². The van der Waals surface area contributed by atoms with Crippen molar-refractivity contribution in [1.29, 1.82) is 0 Å². The largest absolute Gasteiger partial charge is 0.497 e. The second-order valence-corrected chi connectivity index (χ2v) is 8.45. The van der Waals surface area contributed by atoms with Crippen LogP contribution in [0.2, 0.25) is 0 Å². The monoisotopic (exact) mass is 418 g/mol. The molecule has 0 radical (unpaired) electrons. The summed E-state index contributed by atoms with van der Waals surface area (Å²) in [5.41, 5.74) is 3.36. The molecule has 1 unspecified atom stereocenters. The fourth-order valence-corrected chi connectivity index (χ4v) is 4.24. The zero-order valence-electron chi connectivity index (χ0n) is 17.9. The molecule has 3 heterocycles. The SMILES string of the molecule is COc1ccc(C(=O)N2CCCC(c3nc(C4CC4)ncc3-c3cc(C)no3)C2)cc1. The van der Waals surface area contributed by atoms with Crippen LogP contribution in [-0.4, -0.2) is 46.1 Å². The average Bonchev–Trinajstić information content (AvgIpc) is 3.59. The minimum absolute atomic E-state index is 0.0425. The van der Waals surface area contributed by atoms with Gasteiger partial charge in [-0.25, -0.2) is 9.97 Å². The number of piperidine rings is 1. The van der Waals surface area contributed by atoms with Gasteiger partial charge >= 0.3 is 0 Å². The minimum atomic E-state index is 0.0425. The Morgan fingerprint density at radius 3 is 2.65 bits per heavy atom. The Labute approximate surface area is 181 Å². The summed E-state index contributed by atoms with van der Waals surface area (Å²) in [7, 11) is 1.62. The van der Waals surface area contributed by atoms with Crippen LogP contribution in [0, 0.1) is 6.92 Å². The molecule has 3 aromatic rings. The van der Waals surface area contributed by atoms with Crippen LogP contribution in [0.3, 0.4) is 0 Å². The predicted octanol–water partition coefficient (Wildman–Crippen LogP) is 4.35. The van der Waals surface area contributed by atoms with E-state index >= 15 is 0 Å². The van der Waals surface area contributed by atoms with Gasteiger partial charge in [-0.3, -0.25) is 4.79 Å². The van der Waals surface area contributed by atoms with E-state index in [1.54, 1.807) is 7.11 Å². The summed E-state index contributed by atoms with van der Waals surface area (Å²) in [6.07, 6.45) is 6.08. The standard InChI is InChI=1S/C24H26N4O3/c1-15-12-21(31-27-15)20-13-25-23(16-5-6-16)26-22(20)18-4-3-11-28(14-18)24(29)17-7-9-19(30-2)10-8-17/h7-10,12-13,16,18H,3-6,11,14H2,1-2H3. The predicted molar refractivity (Wildman–Crippen MR) is 115 cm³/mol. The van der Waals surface area contributed by atoms with Crippen LogP contribution >= 0.6 is 0 Å². The molecule has 1 amide bonds. The van der Waals surface area contributed by atoms with Crippen molar-refractivity contribution in [3.8, 4) is 17.1 Å². The third-order valence-corrected chi connectivity index (χ3v) is 6.11. The summed E-state index contributed by atoms with van der Waals surface area (Å²) >= 11 is 0. The van der Waals surface area contributed by atoms with Gasteiger partial charge in [0.1, 0.15) is 11.6 Å². The second-order valence-electron chi connectivity index (χ2n) is 8.45. The number of carbonyl (C=O) groups is 1. The molecule has 1 saturated heterocycles. The van der Waals surface area contributed by atoms with Gasteiger partial charge in [0.2, 0.25) is 0 Å². The van der Waals surface area contributed by atoms with Gasteiger partial charge in [0, 0.05) is 42.8 Å². The molecule has 0 bridgehead atoms. The van der Waals surface area contributed by atoms with Gasteiger partial charge in [-0.05, 0) is 56.9 Å². The molecule has 1 aliphatic carbocycles. The van der Waals surface area contributed by atoms with Crippen LogP contribution in [0.5, 0.6) is 5.75 Å². The lowest BCUT2D eigenvalue weighted by Gasteiger charge is -2.33. The van der Waals surface area contributed by atoms with Crippen molar-refractivity contribution < 1.29 is 14.1 Å². The molecular formula is C24H26N4O3. The fraction of sp³-hybridized carbons (Fsp3) is 0.417. The van der Waals surface area contributed by atoms with Crippen molar-refractivity contribution in [1.82, 2.24) is 20.0 Å². The van der Waals surface area contributed by atoms with E-state index < -0.39 is 0 Å². The van der Waals surface area contributed by atoms with Gasteiger partial charge in [0.05, 0.1) is 24.1 Å². The molecule has 7 nitrogen and oxygen atoms in total. The molecule has 1 aliphatic heterocycles. The molecule has 2 aromatic heterocycles. The number of ether oxygens (including phenoxy) is 1. The third kappa shape index (κ3) is 4.04. The maximum Gasteiger partial charge on any atom is 0.253 e. The molecule has 7 heteroatoms. The molecule has 1 aromatic carbocycles. The molecule has 2 fully saturated rings. The topological polar surface area (TPSA) is 81.4 Å². The van der Waals surface area contributed by atoms with E-state index in [1.807, 2.05) is 48.4 Å². The quantitative estimate of drug-likeness (QED) is 0.613. The van der Waals surface area contributed by atoms with E-state index in [9.17, 15) is 4.79 Å². The van der Waals surface area contributed by atoms with Crippen molar-refractivity contribution in [3.63, 3.8) is 0 Å². The van der Waals surface area contributed by atoms with Crippen molar-refractivity contribution in [2.45, 2.75) is 44.4 Å². The van der Waals surface area contributed by atoms with Crippen LogP contribution in [-0.2, 0) is 0 Å². The van der Waals surface area contributed by atoms with E-state index in [0.717, 1.165) is 60.8 Å². The van der Waals surface area contributed by atoms with Crippen molar-refractivity contribution >= 4 is 5.91 Å². The first-order valence-electron chi connectivity index (χ1n) is 10.9. The highest BCUT2D eigenvalue weighted by atomic mass is 16.5. The highest BCUT2D eigenvalue weighted by Gasteiger charge is 2.32. The summed E-state index contributed by atoms with van der Waals surface area (Å²) < 4.78 is 10.7. The van der Waals surface area contributed by atoms with Crippen LogP contribution in [0.1, 0.15) is 65.1 Å². The number of amides is 1. The Hall–Kier alpha value is -3.22. The lowest BCUT2D eigenvalue weighted by Crippen LogP contribution is -2.39. The summed E-state index contributed by atoms with van der Waals surface area (Å²) in [4.78, 5) is 24.7. The number of aromatic nitrogens is 3. The maximum absolute atomic E-state index is 13.1. The van der Waals surface area contributed by atoms with Gasteiger partial charge in [-0.15, -0.1) is 0 Å². The molecule has 2 aliphatic rings. The Morgan fingerprint density at radius 1 is 1.16 bits per heavy atom. The first-order chi connectivity index (χ1) is 15.1. The smallest absolute Gasteiger partial charge is 0.253 e. The van der Waals surface area contributed by atoms with Crippen molar-refractivity contribution in [2.24, 2.45) is 0 Å². The van der Waals surface area contributed by atoms with Gasteiger partial charge in [0.15, 0.2) is 5.76 Å². The van der Waals surface area contributed by atoms with Crippen LogP contribution in [0.25, 0.3) is 11.3 Å². The number of benzene rings is 1. The van der Waals surface area contributed by atoms with Crippen molar-refractivity contribution in [3.05, 3.63) is 59.3 Å². The summed E-state index contributed by atoms with van der Waals surface area (Å²) in [6, 6.07) is 9.21. The van der Waals surface area contributed by atoms with Crippen LogP contribution in [0.4, 0.5) is 0 Å². The summed E-state index contributed by atoms with van der Waals surface area (Å²) in [5.74, 6) is 2.98. The molecular weight excluding hydrogens is 392 g/mol. The van der Waals surface area contributed by atoms with Crippen LogP contribution < -0.4 is 4.74 Å². The third-order valence-electron chi connectivity index (χ3n) is 6.11. The number of likely N-dealkylation sites (tertiary alicyclic amines) is 1.